The first-order chi connectivity index (χ1) is 7.87. The van der Waals surface area contributed by atoms with Crippen LogP contribution in [-0.4, -0.2) is 25.8 Å². The van der Waals surface area contributed by atoms with Crippen LogP contribution in [0.4, 0.5) is 0 Å². The van der Waals surface area contributed by atoms with E-state index in [1.807, 2.05) is 7.05 Å². The summed E-state index contributed by atoms with van der Waals surface area (Å²) in [6.45, 7) is 11.1. The van der Waals surface area contributed by atoms with Gasteiger partial charge in [-0.1, -0.05) is 27.7 Å². The Labute approximate surface area is 108 Å². The Morgan fingerprint density at radius 2 is 1.82 bits per heavy atom. The van der Waals surface area contributed by atoms with E-state index < -0.39 is 0 Å². The third-order valence-electron chi connectivity index (χ3n) is 3.94. The molecule has 0 amide bonds. The standard InChI is InChI=1S/C15H31NO/c1-13-6-8-15(9-7-13,12-16-5)17-11-10-14(2,3)4/h13,16H,6-12H2,1-5H3. The zero-order chi connectivity index (χ0) is 12.9. The molecule has 0 radical (unpaired) electrons. The second-order valence-electron chi connectivity index (χ2n) is 7.05. The lowest BCUT2D eigenvalue weighted by Crippen LogP contribution is -2.45. The first-order valence-electron chi connectivity index (χ1n) is 7.15. The van der Waals surface area contributed by atoms with E-state index >= 15 is 0 Å². The molecule has 0 aliphatic heterocycles. The van der Waals surface area contributed by atoms with Gasteiger partial charge in [-0.25, -0.2) is 0 Å². The minimum Gasteiger partial charge on any atom is -0.374 e. The average Bonchev–Trinajstić information content (AvgIpc) is 2.21. The van der Waals surface area contributed by atoms with E-state index in [2.05, 4.69) is 33.0 Å². The van der Waals surface area contributed by atoms with Crippen LogP contribution in [-0.2, 0) is 4.74 Å². The molecule has 17 heavy (non-hydrogen) atoms. The molecule has 0 unspecified atom stereocenters. The SMILES string of the molecule is CNCC1(OCCC(C)(C)C)CCC(C)CC1. The van der Waals surface area contributed by atoms with Crippen molar-refractivity contribution >= 4 is 0 Å². The van der Waals surface area contributed by atoms with Gasteiger partial charge in [0.15, 0.2) is 0 Å². The Morgan fingerprint density at radius 3 is 2.29 bits per heavy atom. The molecule has 0 saturated heterocycles. The van der Waals surface area contributed by atoms with E-state index in [0.717, 1.165) is 25.5 Å². The van der Waals surface area contributed by atoms with Gasteiger partial charge in [-0.05, 0) is 50.5 Å². The number of likely N-dealkylation sites (N-methyl/N-ethyl adjacent to an activating group) is 1. The van der Waals surface area contributed by atoms with Crippen LogP contribution in [0.2, 0.25) is 0 Å². The van der Waals surface area contributed by atoms with Crippen molar-refractivity contribution in [3.8, 4) is 0 Å². The molecule has 1 N–H and O–H groups in total. The molecule has 1 aliphatic carbocycles. The predicted octanol–water partition coefficient (Wildman–Crippen LogP) is 3.61. The molecule has 1 fully saturated rings. The quantitative estimate of drug-likeness (QED) is 0.794. The maximum absolute atomic E-state index is 6.27. The normalized spacial score (nSPS) is 30.5. The molecule has 2 heteroatoms. The summed E-state index contributed by atoms with van der Waals surface area (Å²) in [5.41, 5.74) is 0.495. The number of nitrogens with one attached hydrogen (secondary N) is 1. The average molecular weight is 241 g/mol. The smallest absolute Gasteiger partial charge is 0.0806 e. The zero-order valence-corrected chi connectivity index (χ0v) is 12.4. The van der Waals surface area contributed by atoms with Gasteiger partial charge >= 0.3 is 0 Å². The summed E-state index contributed by atoms with van der Waals surface area (Å²) >= 11 is 0. The largest absolute Gasteiger partial charge is 0.374 e. The Morgan fingerprint density at radius 1 is 1.24 bits per heavy atom. The van der Waals surface area contributed by atoms with Gasteiger partial charge < -0.3 is 10.1 Å². The second-order valence-corrected chi connectivity index (χ2v) is 7.05. The Hall–Kier alpha value is -0.0800. The van der Waals surface area contributed by atoms with Crippen molar-refractivity contribution in [2.75, 3.05) is 20.2 Å². The molecule has 0 aromatic heterocycles. The van der Waals surface area contributed by atoms with Crippen molar-refractivity contribution in [2.24, 2.45) is 11.3 Å². The van der Waals surface area contributed by atoms with Crippen molar-refractivity contribution < 1.29 is 4.74 Å². The van der Waals surface area contributed by atoms with Crippen LogP contribution in [0, 0.1) is 11.3 Å². The van der Waals surface area contributed by atoms with E-state index in [1.165, 1.54) is 25.7 Å². The van der Waals surface area contributed by atoms with Crippen molar-refractivity contribution in [2.45, 2.75) is 65.4 Å². The highest BCUT2D eigenvalue weighted by Crippen LogP contribution is 2.35. The van der Waals surface area contributed by atoms with E-state index in [4.69, 9.17) is 4.74 Å². The van der Waals surface area contributed by atoms with Gasteiger partial charge in [-0.2, -0.15) is 0 Å². The first kappa shape index (κ1) is 15.0. The third-order valence-corrected chi connectivity index (χ3v) is 3.94. The van der Waals surface area contributed by atoms with Crippen molar-refractivity contribution in [1.82, 2.24) is 5.32 Å². The lowest BCUT2D eigenvalue weighted by molar-refractivity contribution is -0.0806. The molecule has 0 aromatic carbocycles. The summed E-state index contributed by atoms with van der Waals surface area (Å²) in [5, 5.41) is 3.32. The van der Waals surface area contributed by atoms with Crippen LogP contribution >= 0.6 is 0 Å². The highest BCUT2D eigenvalue weighted by atomic mass is 16.5. The summed E-state index contributed by atoms with van der Waals surface area (Å²) in [5.74, 6) is 0.881. The van der Waals surface area contributed by atoms with Crippen LogP contribution in [0.5, 0.6) is 0 Å². The van der Waals surface area contributed by atoms with Crippen LogP contribution in [0.15, 0.2) is 0 Å². The molecule has 0 heterocycles. The molecule has 1 saturated carbocycles. The number of ether oxygens (including phenoxy) is 1. The fourth-order valence-electron chi connectivity index (χ4n) is 2.56. The highest BCUT2D eigenvalue weighted by molar-refractivity contribution is 4.88. The fraction of sp³-hybridized carbons (Fsp3) is 1.00. The topological polar surface area (TPSA) is 21.3 Å². The summed E-state index contributed by atoms with van der Waals surface area (Å²) in [4.78, 5) is 0. The molecule has 0 spiro atoms. The van der Waals surface area contributed by atoms with Gasteiger partial charge in [0, 0.05) is 13.2 Å². The summed E-state index contributed by atoms with van der Waals surface area (Å²) in [6.07, 6.45) is 6.22. The molecule has 0 aromatic rings. The Kier molecular flexibility index (Phi) is 5.46. The number of hydrogen-bond acceptors (Lipinski definition) is 2. The molecule has 0 atom stereocenters. The fourth-order valence-corrected chi connectivity index (χ4v) is 2.56. The zero-order valence-electron chi connectivity index (χ0n) is 12.4. The molecule has 0 bridgehead atoms. The highest BCUT2D eigenvalue weighted by Gasteiger charge is 2.34. The molecule has 1 rings (SSSR count). The minimum atomic E-state index is 0.118. The van der Waals surface area contributed by atoms with E-state index in [9.17, 15) is 0 Å². The van der Waals surface area contributed by atoms with Gasteiger partial charge in [-0.3, -0.25) is 0 Å². The second kappa shape index (κ2) is 6.19. The van der Waals surface area contributed by atoms with Crippen LogP contribution < -0.4 is 5.32 Å². The number of rotatable bonds is 5. The maximum atomic E-state index is 6.27. The molecular formula is C15H31NO. The number of hydrogen-bond donors (Lipinski definition) is 1. The third kappa shape index (κ3) is 5.39. The van der Waals surface area contributed by atoms with Gasteiger partial charge in [0.2, 0.25) is 0 Å². The van der Waals surface area contributed by atoms with Crippen LogP contribution in [0.1, 0.15) is 59.8 Å². The summed E-state index contributed by atoms with van der Waals surface area (Å²) in [7, 11) is 2.03. The lowest BCUT2D eigenvalue weighted by Gasteiger charge is -2.40. The van der Waals surface area contributed by atoms with Gasteiger partial charge in [-0.15, -0.1) is 0 Å². The molecule has 2 nitrogen and oxygen atoms in total. The maximum Gasteiger partial charge on any atom is 0.0806 e. The summed E-state index contributed by atoms with van der Waals surface area (Å²) < 4.78 is 6.27. The summed E-state index contributed by atoms with van der Waals surface area (Å²) in [6, 6.07) is 0. The van der Waals surface area contributed by atoms with Crippen molar-refractivity contribution in [3.05, 3.63) is 0 Å². The molecular weight excluding hydrogens is 210 g/mol. The van der Waals surface area contributed by atoms with Crippen molar-refractivity contribution in [1.29, 1.82) is 0 Å². The van der Waals surface area contributed by atoms with Gasteiger partial charge in [0.05, 0.1) is 5.60 Å². The Balaban J connectivity index is 2.42. The van der Waals surface area contributed by atoms with Crippen molar-refractivity contribution in [3.63, 3.8) is 0 Å². The lowest BCUT2D eigenvalue weighted by atomic mass is 9.79. The molecule has 1 aliphatic rings. The van der Waals surface area contributed by atoms with Gasteiger partial charge in [0.25, 0.3) is 0 Å². The Bertz CT molecular complexity index is 211. The predicted molar refractivity (Wildman–Crippen MR) is 74.3 cm³/mol. The molecule has 102 valence electrons. The van der Waals surface area contributed by atoms with E-state index in [1.54, 1.807) is 0 Å². The monoisotopic (exact) mass is 241 g/mol. The minimum absolute atomic E-state index is 0.118. The van der Waals surface area contributed by atoms with Crippen LogP contribution in [0.25, 0.3) is 0 Å². The van der Waals surface area contributed by atoms with E-state index in [-0.39, 0.29) is 5.60 Å². The van der Waals surface area contributed by atoms with Crippen LogP contribution in [0.3, 0.4) is 0 Å². The van der Waals surface area contributed by atoms with E-state index in [0.29, 0.717) is 5.41 Å². The first-order valence-corrected chi connectivity index (χ1v) is 7.15. The van der Waals surface area contributed by atoms with Gasteiger partial charge in [0.1, 0.15) is 0 Å².